The lowest BCUT2D eigenvalue weighted by Gasteiger charge is -2.35. The first-order chi connectivity index (χ1) is 10.6. The van der Waals surface area contributed by atoms with Gasteiger partial charge in [0.25, 0.3) is 5.56 Å². The van der Waals surface area contributed by atoms with Crippen molar-refractivity contribution in [1.82, 2.24) is 14.8 Å². The number of ether oxygens (including phenoxy) is 1. The molecule has 118 valence electrons. The van der Waals surface area contributed by atoms with Crippen LogP contribution in [0, 0.1) is 5.92 Å². The highest BCUT2D eigenvalue weighted by molar-refractivity contribution is 5.96. The van der Waals surface area contributed by atoms with Crippen LogP contribution in [0.1, 0.15) is 18.4 Å². The second kappa shape index (κ2) is 6.31. The Hall–Kier alpha value is -2.15. The van der Waals surface area contributed by atoms with Crippen molar-refractivity contribution in [1.29, 1.82) is 0 Å². The summed E-state index contributed by atoms with van der Waals surface area (Å²) in [5.74, 6) is 0.0723. The predicted molar refractivity (Wildman–Crippen MR) is 78.1 cm³/mol. The van der Waals surface area contributed by atoms with Gasteiger partial charge in [-0.05, 0) is 12.5 Å². The highest BCUT2D eigenvalue weighted by Crippen LogP contribution is 2.19. The zero-order chi connectivity index (χ0) is 15.5. The van der Waals surface area contributed by atoms with Gasteiger partial charge >= 0.3 is 6.03 Å². The zero-order valence-corrected chi connectivity index (χ0v) is 12.3. The lowest BCUT2D eigenvalue weighted by atomic mass is 10.1. The Morgan fingerprint density at radius 3 is 2.91 bits per heavy atom. The van der Waals surface area contributed by atoms with Crippen LogP contribution in [-0.2, 0) is 16.1 Å². The largest absolute Gasteiger partial charge is 0.381 e. The topological polar surface area (TPSA) is 82.7 Å². The Balaban J connectivity index is 1.70. The molecule has 0 saturated carbocycles. The molecular weight excluding hydrogens is 286 g/mol. The number of nitrogens with one attached hydrogen (secondary N) is 1. The zero-order valence-electron chi connectivity index (χ0n) is 12.3. The summed E-state index contributed by atoms with van der Waals surface area (Å²) in [7, 11) is 0. The smallest absolute Gasteiger partial charge is 0.327 e. The van der Waals surface area contributed by atoms with E-state index < -0.39 is 0 Å². The molecule has 1 aromatic rings. The van der Waals surface area contributed by atoms with Crippen LogP contribution in [0.3, 0.4) is 0 Å². The van der Waals surface area contributed by atoms with E-state index in [0.29, 0.717) is 38.3 Å². The summed E-state index contributed by atoms with van der Waals surface area (Å²) in [5.41, 5.74) is 0.317. The van der Waals surface area contributed by atoms with Gasteiger partial charge in [0.1, 0.15) is 0 Å². The molecule has 22 heavy (non-hydrogen) atoms. The number of hydrogen-bond acceptors (Lipinski definition) is 4. The first-order valence-electron chi connectivity index (χ1n) is 7.49. The van der Waals surface area contributed by atoms with E-state index in [-0.39, 0.29) is 30.0 Å². The van der Waals surface area contributed by atoms with Gasteiger partial charge in [0.15, 0.2) is 0 Å². The van der Waals surface area contributed by atoms with Crippen LogP contribution in [0.15, 0.2) is 23.1 Å². The normalized spacial score (nSPS) is 22.5. The third kappa shape index (κ3) is 3.04. The molecule has 3 rings (SSSR count). The fraction of sp³-hybridized carbons (Fsp3) is 0.533. The van der Waals surface area contributed by atoms with Crippen molar-refractivity contribution < 1.29 is 14.3 Å². The minimum absolute atomic E-state index is 0.143. The monoisotopic (exact) mass is 305 g/mol. The fourth-order valence-corrected chi connectivity index (χ4v) is 2.84. The second-order valence-electron chi connectivity index (χ2n) is 5.71. The maximum atomic E-state index is 12.5. The average Bonchev–Trinajstić information content (AvgIpc) is 3.01. The van der Waals surface area contributed by atoms with E-state index in [1.807, 2.05) is 0 Å². The molecule has 3 heterocycles. The number of nitrogens with zero attached hydrogens (tertiary/aromatic N) is 2. The molecule has 2 fully saturated rings. The first kappa shape index (κ1) is 14.8. The van der Waals surface area contributed by atoms with Gasteiger partial charge in [0.05, 0.1) is 13.2 Å². The van der Waals surface area contributed by atoms with Crippen LogP contribution >= 0.6 is 0 Å². The standard InChI is InChI=1S/C15H19N3O4/c19-13-3-6-17(9-12-2-1-5-16-14(12)20)15(21)18(13)8-11-4-7-22-10-11/h1-2,5,11H,3-4,6-10H2,(H,16,20). The Kier molecular flexibility index (Phi) is 4.24. The lowest BCUT2D eigenvalue weighted by Crippen LogP contribution is -2.53. The summed E-state index contributed by atoms with van der Waals surface area (Å²) in [5, 5.41) is 0. The van der Waals surface area contributed by atoms with E-state index in [0.717, 1.165) is 6.42 Å². The number of aromatic amines is 1. The molecule has 2 saturated heterocycles. The Labute approximate surface area is 127 Å². The van der Waals surface area contributed by atoms with Crippen molar-refractivity contribution in [3.8, 4) is 0 Å². The van der Waals surface area contributed by atoms with Crippen LogP contribution < -0.4 is 5.56 Å². The highest BCUT2D eigenvalue weighted by atomic mass is 16.5. The minimum Gasteiger partial charge on any atom is -0.381 e. The van der Waals surface area contributed by atoms with Crippen molar-refractivity contribution in [3.63, 3.8) is 0 Å². The molecule has 1 aromatic heterocycles. The number of imide groups is 1. The molecule has 0 aromatic carbocycles. The van der Waals surface area contributed by atoms with Crippen LogP contribution in [0.4, 0.5) is 4.79 Å². The summed E-state index contributed by atoms with van der Waals surface area (Å²) in [6.45, 7) is 2.25. The number of rotatable bonds is 4. The van der Waals surface area contributed by atoms with Gasteiger partial charge in [-0.3, -0.25) is 14.5 Å². The summed E-state index contributed by atoms with van der Waals surface area (Å²) in [6.07, 6.45) is 2.72. The number of hydrogen-bond donors (Lipinski definition) is 1. The van der Waals surface area contributed by atoms with Gasteiger partial charge in [-0.1, -0.05) is 6.07 Å². The van der Waals surface area contributed by atoms with Crippen molar-refractivity contribution in [2.45, 2.75) is 19.4 Å². The first-order valence-corrected chi connectivity index (χ1v) is 7.49. The molecular formula is C15H19N3O4. The Bertz CT molecular complexity index is 621. The number of H-pyrrole nitrogens is 1. The summed E-state index contributed by atoms with van der Waals surface area (Å²) in [4.78, 5) is 41.7. The molecule has 2 aliphatic rings. The van der Waals surface area contributed by atoms with Gasteiger partial charge < -0.3 is 14.6 Å². The maximum absolute atomic E-state index is 12.5. The Morgan fingerprint density at radius 1 is 1.32 bits per heavy atom. The second-order valence-corrected chi connectivity index (χ2v) is 5.71. The van der Waals surface area contributed by atoms with Gasteiger partial charge in [0, 0.05) is 43.8 Å². The molecule has 2 aliphatic heterocycles. The van der Waals surface area contributed by atoms with Crippen molar-refractivity contribution in [2.24, 2.45) is 5.92 Å². The van der Waals surface area contributed by atoms with E-state index in [4.69, 9.17) is 4.74 Å². The lowest BCUT2D eigenvalue weighted by molar-refractivity contribution is -0.131. The van der Waals surface area contributed by atoms with Crippen LogP contribution in [0.25, 0.3) is 0 Å². The summed E-state index contributed by atoms with van der Waals surface area (Å²) in [6, 6.07) is 3.10. The fourth-order valence-electron chi connectivity index (χ4n) is 2.84. The Morgan fingerprint density at radius 2 is 2.18 bits per heavy atom. The van der Waals surface area contributed by atoms with E-state index in [9.17, 15) is 14.4 Å². The van der Waals surface area contributed by atoms with E-state index >= 15 is 0 Å². The minimum atomic E-state index is -0.314. The van der Waals surface area contributed by atoms with E-state index in [2.05, 4.69) is 4.98 Å². The molecule has 7 heteroatoms. The number of pyridine rings is 1. The molecule has 7 nitrogen and oxygen atoms in total. The third-order valence-electron chi connectivity index (χ3n) is 4.12. The summed E-state index contributed by atoms with van der Waals surface area (Å²) >= 11 is 0. The van der Waals surface area contributed by atoms with Gasteiger partial charge in [-0.15, -0.1) is 0 Å². The molecule has 1 atom stereocenters. The van der Waals surface area contributed by atoms with Gasteiger partial charge in [-0.25, -0.2) is 4.79 Å². The quantitative estimate of drug-likeness (QED) is 0.881. The van der Waals surface area contributed by atoms with E-state index in [1.165, 1.54) is 4.90 Å². The number of urea groups is 1. The molecule has 0 aliphatic carbocycles. The number of carbonyl (C=O) groups is 2. The van der Waals surface area contributed by atoms with Crippen LogP contribution in [0.5, 0.6) is 0 Å². The average molecular weight is 305 g/mol. The number of aromatic nitrogens is 1. The van der Waals surface area contributed by atoms with E-state index in [1.54, 1.807) is 23.2 Å². The maximum Gasteiger partial charge on any atom is 0.327 e. The molecule has 0 spiro atoms. The summed E-state index contributed by atoms with van der Waals surface area (Å²) < 4.78 is 5.30. The molecule has 1 unspecified atom stereocenters. The number of carbonyl (C=O) groups excluding carboxylic acids is 2. The third-order valence-corrected chi connectivity index (χ3v) is 4.12. The molecule has 3 amide bonds. The number of amides is 3. The highest BCUT2D eigenvalue weighted by Gasteiger charge is 2.34. The molecule has 0 radical (unpaired) electrons. The van der Waals surface area contributed by atoms with Crippen molar-refractivity contribution >= 4 is 11.9 Å². The van der Waals surface area contributed by atoms with Crippen LogP contribution in [0.2, 0.25) is 0 Å². The van der Waals surface area contributed by atoms with Crippen molar-refractivity contribution in [3.05, 3.63) is 34.2 Å². The molecule has 1 N–H and O–H groups in total. The van der Waals surface area contributed by atoms with Crippen LogP contribution in [-0.4, -0.2) is 53.0 Å². The molecule has 0 bridgehead atoms. The van der Waals surface area contributed by atoms with Gasteiger partial charge in [-0.2, -0.15) is 0 Å². The van der Waals surface area contributed by atoms with Crippen molar-refractivity contribution in [2.75, 3.05) is 26.3 Å². The van der Waals surface area contributed by atoms with Gasteiger partial charge in [0.2, 0.25) is 5.91 Å². The predicted octanol–water partition coefficient (Wildman–Crippen LogP) is 0.566. The SMILES string of the molecule is O=C1CCN(Cc2ccc[nH]c2=O)C(=O)N1CC1CCOC1.